The van der Waals surface area contributed by atoms with Crippen molar-refractivity contribution < 1.29 is 28.3 Å². The molecule has 2 fully saturated rings. The maximum Gasteiger partial charge on any atom is 0.410 e. The number of imidazole rings is 1. The first kappa shape index (κ1) is 32.1. The van der Waals surface area contributed by atoms with Gasteiger partial charge in [0.2, 0.25) is 11.8 Å². The van der Waals surface area contributed by atoms with Crippen molar-refractivity contribution in [2.75, 3.05) is 18.4 Å². The number of carbonyl (C=O) groups is 3. The Morgan fingerprint density at radius 3 is 2.34 bits per heavy atom. The van der Waals surface area contributed by atoms with Gasteiger partial charge in [0.15, 0.2) is 5.76 Å². The predicted molar refractivity (Wildman–Crippen MR) is 177 cm³/mol. The van der Waals surface area contributed by atoms with Crippen molar-refractivity contribution in [1.82, 2.24) is 24.8 Å². The Kier molecular flexibility index (Phi) is 8.46. The lowest BCUT2D eigenvalue weighted by Crippen LogP contribution is -2.45. The standard InChI is InChI=1S/C35H42N6O6/c1-34(2,3)46-32(43)40-17-9-15-25(40)29-38-24-14-8-13-23(28(24)39-29)31-36-20-27(45-31)21-11-7-12-22(19-21)37-30(42)26-16-10-18-41(26)33(44)47-35(4,5)6/h7-8,11-14,19-20,25-26H,9-10,15-18H2,1-6H3,(H,37,42)(H,38,39)/t25-,26-/m0/s1. The van der Waals surface area contributed by atoms with Crippen molar-refractivity contribution in [2.24, 2.45) is 0 Å². The third-order valence-corrected chi connectivity index (χ3v) is 8.06. The number of fused-ring (bicyclic) bond motifs is 1. The van der Waals surface area contributed by atoms with Crippen LogP contribution in [-0.4, -0.2) is 73.2 Å². The number of hydrogen-bond donors (Lipinski definition) is 2. The third-order valence-electron chi connectivity index (χ3n) is 8.06. The highest BCUT2D eigenvalue weighted by molar-refractivity contribution is 5.97. The van der Waals surface area contributed by atoms with E-state index in [1.54, 1.807) is 37.9 Å². The molecule has 0 bridgehead atoms. The molecule has 2 aromatic carbocycles. The smallest absolute Gasteiger partial charge is 0.410 e. The number of anilines is 1. The molecule has 4 heterocycles. The molecule has 2 N–H and O–H groups in total. The molecular formula is C35H42N6O6. The highest BCUT2D eigenvalue weighted by atomic mass is 16.6. The van der Waals surface area contributed by atoms with E-state index in [4.69, 9.17) is 18.9 Å². The fraction of sp³-hybridized carbons (Fsp3) is 0.457. The minimum atomic E-state index is -0.644. The van der Waals surface area contributed by atoms with Gasteiger partial charge in [-0.2, -0.15) is 0 Å². The normalized spacial score (nSPS) is 18.5. The summed E-state index contributed by atoms with van der Waals surface area (Å²) in [4.78, 5) is 55.0. The van der Waals surface area contributed by atoms with Gasteiger partial charge in [0.05, 0.1) is 23.3 Å². The fourth-order valence-electron chi connectivity index (χ4n) is 6.06. The summed E-state index contributed by atoms with van der Waals surface area (Å²) in [5, 5.41) is 2.96. The summed E-state index contributed by atoms with van der Waals surface area (Å²) < 4.78 is 17.4. The van der Waals surface area contributed by atoms with Gasteiger partial charge in [-0.1, -0.05) is 18.2 Å². The number of aromatic amines is 1. The van der Waals surface area contributed by atoms with E-state index in [0.29, 0.717) is 53.8 Å². The van der Waals surface area contributed by atoms with Crippen molar-refractivity contribution in [2.45, 2.75) is 90.5 Å². The largest absolute Gasteiger partial charge is 0.444 e. The lowest BCUT2D eigenvalue weighted by atomic mass is 10.1. The van der Waals surface area contributed by atoms with Crippen molar-refractivity contribution in [1.29, 1.82) is 0 Å². The van der Waals surface area contributed by atoms with Gasteiger partial charge in [-0.3, -0.25) is 14.6 Å². The maximum atomic E-state index is 13.2. The number of likely N-dealkylation sites (tertiary alicyclic amines) is 2. The topological polar surface area (TPSA) is 143 Å². The molecule has 0 spiro atoms. The van der Waals surface area contributed by atoms with Crippen LogP contribution in [0.3, 0.4) is 0 Å². The summed E-state index contributed by atoms with van der Waals surface area (Å²) in [5.41, 5.74) is 2.29. The molecule has 0 radical (unpaired) electrons. The quantitative estimate of drug-likeness (QED) is 0.231. The number of ether oxygens (including phenoxy) is 2. The van der Waals surface area contributed by atoms with Crippen LogP contribution < -0.4 is 5.32 Å². The number of para-hydroxylation sites is 1. The first-order chi connectivity index (χ1) is 22.3. The number of H-pyrrole nitrogens is 1. The summed E-state index contributed by atoms with van der Waals surface area (Å²) in [6, 6.07) is 12.2. The SMILES string of the molecule is CC(C)(C)OC(=O)N1CCC[C@H]1C(=O)Nc1cccc(-c2cnc(-c3cccc4[nH]c([C@@H]5CCCN5C(=O)OC(C)(C)C)nc34)o2)c1. The maximum absolute atomic E-state index is 13.2. The molecule has 0 unspecified atom stereocenters. The summed E-state index contributed by atoms with van der Waals surface area (Å²) in [6.07, 6.45) is 3.75. The van der Waals surface area contributed by atoms with Gasteiger partial charge in [0.1, 0.15) is 28.6 Å². The zero-order valence-corrected chi connectivity index (χ0v) is 27.8. The molecule has 2 aliphatic heterocycles. The molecule has 0 saturated carbocycles. The molecule has 12 heteroatoms. The Hall–Kier alpha value is -4.87. The molecule has 2 aliphatic rings. The van der Waals surface area contributed by atoms with Gasteiger partial charge in [-0.15, -0.1) is 0 Å². The van der Waals surface area contributed by atoms with E-state index >= 15 is 0 Å². The number of aromatic nitrogens is 3. The summed E-state index contributed by atoms with van der Waals surface area (Å²) >= 11 is 0. The Balaban J connectivity index is 1.19. The van der Waals surface area contributed by atoms with E-state index < -0.39 is 23.3 Å². The van der Waals surface area contributed by atoms with Gasteiger partial charge < -0.3 is 24.2 Å². The Morgan fingerprint density at radius 2 is 1.60 bits per heavy atom. The van der Waals surface area contributed by atoms with E-state index in [-0.39, 0.29) is 18.0 Å². The number of nitrogens with one attached hydrogen (secondary N) is 2. The second-order valence-electron chi connectivity index (χ2n) is 14.1. The zero-order valence-electron chi connectivity index (χ0n) is 27.8. The number of amides is 3. The number of carbonyl (C=O) groups excluding carboxylic acids is 3. The van der Waals surface area contributed by atoms with Crippen LogP contribution in [0.2, 0.25) is 0 Å². The molecule has 248 valence electrons. The van der Waals surface area contributed by atoms with E-state index in [1.165, 1.54) is 4.90 Å². The summed E-state index contributed by atoms with van der Waals surface area (Å²) in [5.74, 6) is 1.34. The molecule has 2 aromatic heterocycles. The van der Waals surface area contributed by atoms with Crippen LogP contribution in [0, 0.1) is 0 Å². The lowest BCUT2D eigenvalue weighted by molar-refractivity contribution is -0.120. The average Bonchev–Trinajstić information content (AvgIpc) is 3.81. The Morgan fingerprint density at radius 1 is 0.915 bits per heavy atom. The van der Waals surface area contributed by atoms with Crippen LogP contribution in [0.5, 0.6) is 0 Å². The van der Waals surface area contributed by atoms with Crippen LogP contribution in [0.15, 0.2) is 53.1 Å². The van der Waals surface area contributed by atoms with E-state index in [0.717, 1.165) is 30.3 Å². The van der Waals surface area contributed by atoms with Gasteiger partial charge in [0, 0.05) is 24.3 Å². The van der Waals surface area contributed by atoms with Gasteiger partial charge >= 0.3 is 12.2 Å². The number of rotatable bonds is 5. The molecule has 3 amide bonds. The first-order valence-electron chi connectivity index (χ1n) is 16.1. The van der Waals surface area contributed by atoms with Crippen molar-refractivity contribution in [3.63, 3.8) is 0 Å². The minimum Gasteiger partial charge on any atom is -0.444 e. The second-order valence-corrected chi connectivity index (χ2v) is 14.1. The molecule has 2 saturated heterocycles. The number of nitrogens with zero attached hydrogens (tertiary/aromatic N) is 4. The van der Waals surface area contributed by atoms with Crippen LogP contribution in [0.25, 0.3) is 33.8 Å². The van der Waals surface area contributed by atoms with Crippen LogP contribution in [0.4, 0.5) is 15.3 Å². The van der Waals surface area contributed by atoms with Crippen molar-refractivity contribution in [3.05, 3.63) is 54.5 Å². The highest BCUT2D eigenvalue weighted by Gasteiger charge is 2.37. The number of benzene rings is 2. The minimum absolute atomic E-state index is 0.219. The summed E-state index contributed by atoms with van der Waals surface area (Å²) in [6.45, 7) is 12.1. The molecule has 4 aromatic rings. The van der Waals surface area contributed by atoms with Gasteiger partial charge in [-0.25, -0.2) is 19.6 Å². The first-order valence-corrected chi connectivity index (χ1v) is 16.1. The van der Waals surface area contributed by atoms with E-state index in [1.807, 2.05) is 57.2 Å². The molecule has 12 nitrogen and oxygen atoms in total. The third kappa shape index (κ3) is 7.11. The highest BCUT2D eigenvalue weighted by Crippen LogP contribution is 2.36. The second kappa shape index (κ2) is 12.4. The van der Waals surface area contributed by atoms with Crippen molar-refractivity contribution >= 4 is 34.8 Å². The number of hydrogen-bond acceptors (Lipinski definition) is 8. The molecule has 47 heavy (non-hydrogen) atoms. The zero-order chi connectivity index (χ0) is 33.5. The molecule has 0 aliphatic carbocycles. The van der Waals surface area contributed by atoms with Crippen LogP contribution >= 0.6 is 0 Å². The van der Waals surface area contributed by atoms with Gasteiger partial charge in [-0.05, 0) is 91.5 Å². The molecule has 2 atom stereocenters. The lowest BCUT2D eigenvalue weighted by Gasteiger charge is -2.28. The predicted octanol–water partition coefficient (Wildman–Crippen LogP) is 7.29. The van der Waals surface area contributed by atoms with E-state index in [2.05, 4.69) is 15.3 Å². The van der Waals surface area contributed by atoms with Crippen molar-refractivity contribution in [3.8, 4) is 22.8 Å². The average molecular weight is 643 g/mol. The monoisotopic (exact) mass is 642 g/mol. The number of oxazole rings is 1. The molecule has 6 rings (SSSR count). The Bertz CT molecular complexity index is 1800. The van der Waals surface area contributed by atoms with Crippen LogP contribution in [0.1, 0.15) is 79.1 Å². The summed E-state index contributed by atoms with van der Waals surface area (Å²) in [7, 11) is 0. The van der Waals surface area contributed by atoms with E-state index in [9.17, 15) is 14.4 Å². The van der Waals surface area contributed by atoms with Crippen LogP contribution in [-0.2, 0) is 14.3 Å². The molecular weight excluding hydrogens is 600 g/mol. The fourth-order valence-corrected chi connectivity index (χ4v) is 6.06. The Labute approximate surface area is 273 Å². The van der Waals surface area contributed by atoms with Gasteiger partial charge in [0.25, 0.3) is 0 Å².